The van der Waals surface area contributed by atoms with Crippen LogP contribution in [0.1, 0.15) is 17.5 Å². The van der Waals surface area contributed by atoms with Gasteiger partial charge in [0.1, 0.15) is 0 Å². The van der Waals surface area contributed by atoms with Crippen LogP contribution in [-0.2, 0) is 4.79 Å². The van der Waals surface area contributed by atoms with Crippen LogP contribution in [0.5, 0.6) is 5.88 Å². The third-order valence-electron chi connectivity index (χ3n) is 3.18. The number of ketones is 1. The van der Waals surface area contributed by atoms with E-state index in [1.165, 1.54) is 30.6 Å². The van der Waals surface area contributed by atoms with Gasteiger partial charge < -0.3 is 9.15 Å². The van der Waals surface area contributed by atoms with Gasteiger partial charge in [-0.25, -0.2) is 4.79 Å². The van der Waals surface area contributed by atoms with E-state index in [-0.39, 0.29) is 23.3 Å². The monoisotopic (exact) mass is 337 g/mol. The van der Waals surface area contributed by atoms with Crippen molar-refractivity contribution in [2.45, 2.75) is 6.92 Å². The molecule has 25 heavy (non-hydrogen) atoms. The zero-order chi connectivity index (χ0) is 17.8. The number of aromatic amines is 1. The molecule has 0 radical (unpaired) electrons. The molecular weight excluding hydrogens is 324 g/mol. The number of aromatic nitrogens is 2. The van der Waals surface area contributed by atoms with E-state index in [0.717, 1.165) is 0 Å². The molecule has 0 aromatic carbocycles. The number of allylic oxidation sites excluding steroid dienone is 4. The molecule has 0 fully saturated rings. The lowest BCUT2D eigenvalue weighted by atomic mass is 9.99. The van der Waals surface area contributed by atoms with Gasteiger partial charge in [-0.15, -0.1) is 10.2 Å². The Kier molecular flexibility index (Phi) is 4.42. The summed E-state index contributed by atoms with van der Waals surface area (Å²) in [4.78, 5) is 30.1. The zero-order valence-corrected chi connectivity index (χ0v) is 13.2. The Hall–Kier alpha value is -3.68. The van der Waals surface area contributed by atoms with Crippen molar-refractivity contribution in [2.75, 3.05) is 0 Å². The quantitative estimate of drug-likeness (QED) is 0.484. The standard InChI is InChI=1S/C17H12N4O4/c1-10-7-12(8-11(2)16(10)22)20-21-15-4-3-13(24-15)17(23)25-14-5-6-18-9-19-14/h3-9H,1H2,2H3/p+1. The average Bonchev–Trinajstić information content (AvgIpc) is 3.08. The summed E-state index contributed by atoms with van der Waals surface area (Å²) in [6.45, 7) is 5.33. The van der Waals surface area contributed by atoms with E-state index in [4.69, 9.17) is 9.15 Å². The normalized spacial score (nSPS) is 14.4. The first-order valence-corrected chi connectivity index (χ1v) is 7.22. The molecule has 2 aromatic heterocycles. The molecule has 0 spiro atoms. The topological polar surface area (TPSA) is 108 Å². The van der Waals surface area contributed by atoms with Gasteiger partial charge in [-0.2, -0.15) is 0 Å². The van der Waals surface area contributed by atoms with Gasteiger partial charge in [-0.05, 0) is 35.7 Å². The number of carbonyl (C=O) groups is 2. The fraction of sp³-hybridized carbons (Fsp3) is 0.0588. The number of ether oxygens (including phenoxy) is 1. The number of rotatable bonds is 4. The van der Waals surface area contributed by atoms with Crippen LogP contribution in [-0.4, -0.2) is 16.7 Å². The predicted octanol–water partition coefficient (Wildman–Crippen LogP) is 2.76. The molecule has 0 aliphatic heterocycles. The van der Waals surface area contributed by atoms with Crippen molar-refractivity contribution in [3.63, 3.8) is 0 Å². The maximum Gasteiger partial charge on any atom is 0.382 e. The third kappa shape index (κ3) is 3.81. The van der Waals surface area contributed by atoms with Crippen molar-refractivity contribution >= 4 is 17.6 Å². The first-order chi connectivity index (χ1) is 12.0. The lowest BCUT2D eigenvalue weighted by molar-refractivity contribution is -0.383. The van der Waals surface area contributed by atoms with Crippen molar-refractivity contribution in [1.82, 2.24) is 4.98 Å². The molecule has 0 unspecified atom stereocenters. The third-order valence-corrected chi connectivity index (χ3v) is 3.18. The summed E-state index contributed by atoms with van der Waals surface area (Å²) < 4.78 is 10.3. The predicted molar refractivity (Wildman–Crippen MR) is 85.0 cm³/mol. The van der Waals surface area contributed by atoms with Crippen LogP contribution in [0.15, 0.2) is 80.9 Å². The number of H-pyrrole nitrogens is 1. The Morgan fingerprint density at radius 3 is 2.84 bits per heavy atom. The molecule has 0 bridgehead atoms. The van der Waals surface area contributed by atoms with E-state index in [2.05, 4.69) is 26.8 Å². The number of nitrogens with zero attached hydrogens (tertiary/aromatic N) is 3. The van der Waals surface area contributed by atoms with Gasteiger partial charge in [-0.1, -0.05) is 6.58 Å². The molecule has 2 heterocycles. The van der Waals surface area contributed by atoms with Crippen molar-refractivity contribution in [3.8, 4) is 5.88 Å². The molecule has 3 rings (SSSR count). The molecule has 8 nitrogen and oxygen atoms in total. The Morgan fingerprint density at radius 1 is 1.28 bits per heavy atom. The van der Waals surface area contributed by atoms with Crippen LogP contribution in [0.2, 0.25) is 0 Å². The highest BCUT2D eigenvalue weighted by atomic mass is 16.6. The first-order valence-electron chi connectivity index (χ1n) is 7.22. The van der Waals surface area contributed by atoms with Gasteiger partial charge in [-0.3, -0.25) is 9.78 Å². The summed E-state index contributed by atoms with van der Waals surface area (Å²) in [5, 5.41) is 7.88. The molecule has 0 amide bonds. The number of furan rings is 1. The fourth-order valence-electron chi connectivity index (χ4n) is 1.99. The molecule has 124 valence electrons. The van der Waals surface area contributed by atoms with E-state index in [1.54, 1.807) is 19.2 Å². The van der Waals surface area contributed by atoms with Gasteiger partial charge in [0, 0.05) is 11.6 Å². The van der Waals surface area contributed by atoms with E-state index in [0.29, 0.717) is 16.8 Å². The first kappa shape index (κ1) is 16.2. The van der Waals surface area contributed by atoms with Crippen molar-refractivity contribution < 1.29 is 23.7 Å². The van der Waals surface area contributed by atoms with Gasteiger partial charge in [0.15, 0.2) is 5.78 Å². The number of esters is 1. The van der Waals surface area contributed by atoms with Gasteiger partial charge in [0.05, 0.1) is 18.0 Å². The second-order valence-corrected chi connectivity index (χ2v) is 5.07. The van der Waals surface area contributed by atoms with Gasteiger partial charge >= 0.3 is 11.8 Å². The molecule has 1 N–H and O–H groups in total. The molecule has 0 saturated carbocycles. The van der Waals surface area contributed by atoms with Gasteiger partial charge in [0.25, 0.3) is 6.33 Å². The van der Waals surface area contributed by atoms with Crippen LogP contribution in [0.3, 0.4) is 0 Å². The van der Waals surface area contributed by atoms with E-state index < -0.39 is 5.97 Å². The Bertz CT molecular complexity index is 939. The average molecular weight is 337 g/mol. The number of Topliss-reactive ketones (excluding diaryl/α,β-unsaturated/α-hetero) is 1. The number of hydrogen-bond donors (Lipinski definition) is 0. The van der Waals surface area contributed by atoms with Crippen LogP contribution in [0, 0.1) is 0 Å². The summed E-state index contributed by atoms with van der Waals surface area (Å²) in [6.07, 6.45) is 6.07. The van der Waals surface area contributed by atoms with Crippen LogP contribution < -0.4 is 9.72 Å². The minimum absolute atomic E-state index is 0.0347. The molecular formula is C17H13N4O4+. The molecule has 2 aromatic rings. The van der Waals surface area contributed by atoms with Crippen LogP contribution >= 0.6 is 0 Å². The number of nitrogens with one attached hydrogen (secondary N) is 1. The summed E-state index contributed by atoms with van der Waals surface area (Å²) in [6, 6.07) is 4.40. The highest BCUT2D eigenvalue weighted by molar-refractivity contribution is 6.10. The van der Waals surface area contributed by atoms with Crippen LogP contribution in [0.4, 0.5) is 5.88 Å². The summed E-state index contributed by atoms with van der Waals surface area (Å²) in [5.74, 6) is -0.608. The number of hydrogen-bond acceptors (Lipinski definition) is 7. The summed E-state index contributed by atoms with van der Waals surface area (Å²) >= 11 is 0. The second kappa shape index (κ2) is 6.83. The largest absolute Gasteiger partial charge is 0.430 e. The molecule has 1 aliphatic rings. The van der Waals surface area contributed by atoms with Crippen molar-refractivity contribution in [3.05, 3.63) is 72.1 Å². The second-order valence-electron chi connectivity index (χ2n) is 5.07. The maximum atomic E-state index is 11.9. The fourth-order valence-corrected chi connectivity index (χ4v) is 1.99. The molecule has 1 aliphatic carbocycles. The van der Waals surface area contributed by atoms with Crippen LogP contribution in [0.25, 0.3) is 0 Å². The van der Waals surface area contributed by atoms with E-state index in [1.807, 2.05) is 0 Å². The Labute approximate surface area is 142 Å². The zero-order valence-electron chi connectivity index (χ0n) is 13.2. The molecule has 0 atom stereocenters. The number of carbonyl (C=O) groups excluding carboxylic acids is 2. The summed E-state index contributed by atoms with van der Waals surface area (Å²) in [5.41, 5.74) is 1.33. The highest BCUT2D eigenvalue weighted by Crippen LogP contribution is 2.22. The SMILES string of the molecule is C=C1C=C(N=Nc2ccc(C(=O)Oc3cc[nH+]cn3)o2)C=C(C)C1=O. The smallest absolute Gasteiger partial charge is 0.382 e. The lowest BCUT2D eigenvalue weighted by Crippen LogP contribution is -2.10. The van der Waals surface area contributed by atoms with E-state index >= 15 is 0 Å². The van der Waals surface area contributed by atoms with Crippen molar-refractivity contribution in [2.24, 2.45) is 10.2 Å². The highest BCUT2D eigenvalue weighted by Gasteiger charge is 2.17. The minimum atomic E-state index is -0.702. The minimum Gasteiger partial charge on any atom is -0.430 e. The van der Waals surface area contributed by atoms with Crippen molar-refractivity contribution in [1.29, 1.82) is 0 Å². The summed E-state index contributed by atoms with van der Waals surface area (Å²) in [7, 11) is 0. The Balaban J connectivity index is 1.70. The van der Waals surface area contributed by atoms with E-state index in [9.17, 15) is 9.59 Å². The van der Waals surface area contributed by atoms with Gasteiger partial charge in [0.2, 0.25) is 11.6 Å². The molecule has 8 heteroatoms. The lowest BCUT2D eigenvalue weighted by Gasteiger charge is -2.06. The molecule has 0 saturated heterocycles. The number of azo groups is 1. The maximum absolute atomic E-state index is 11.9. The Morgan fingerprint density at radius 2 is 2.12 bits per heavy atom.